The quantitative estimate of drug-likeness (QED) is 0.868. The van der Waals surface area contributed by atoms with Crippen LogP contribution in [0.15, 0.2) is 24.3 Å². The Morgan fingerprint density at radius 2 is 2.24 bits per heavy atom. The molecule has 0 aromatic heterocycles. The van der Waals surface area contributed by atoms with Gasteiger partial charge in [0.05, 0.1) is 12.5 Å². The van der Waals surface area contributed by atoms with E-state index in [1.54, 1.807) is 7.11 Å². The van der Waals surface area contributed by atoms with Gasteiger partial charge in [-0.3, -0.25) is 0 Å². The van der Waals surface area contributed by atoms with Crippen molar-refractivity contribution in [3.8, 4) is 0 Å². The summed E-state index contributed by atoms with van der Waals surface area (Å²) >= 11 is 1.44. The highest BCUT2D eigenvalue weighted by Crippen LogP contribution is 2.23. The van der Waals surface area contributed by atoms with E-state index >= 15 is 0 Å². The first-order chi connectivity index (χ1) is 10.1. The SMILES string of the molecule is COCCc1ccccc1NC(=O)N1CSCC1C(=O)O. The number of carbonyl (C=O) groups excluding carboxylic acids is 1. The number of hydrogen-bond donors (Lipinski definition) is 2. The summed E-state index contributed by atoms with van der Waals surface area (Å²) in [6.07, 6.45) is 0.685. The molecule has 1 aliphatic heterocycles. The van der Waals surface area contributed by atoms with Crippen molar-refractivity contribution >= 4 is 29.4 Å². The third kappa shape index (κ3) is 3.89. The number of para-hydroxylation sites is 1. The second kappa shape index (κ2) is 7.33. The average Bonchev–Trinajstić information content (AvgIpc) is 2.96. The van der Waals surface area contributed by atoms with Crippen molar-refractivity contribution in [3.63, 3.8) is 0 Å². The van der Waals surface area contributed by atoms with Gasteiger partial charge in [-0.1, -0.05) is 18.2 Å². The van der Waals surface area contributed by atoms with Gasteiger partial charge < -0.3 is 20.1 Å². The number of carboxylic acid groups (broad SMARTS) is 1. The zero-order valence-electron chi connectivity index (χ0n) is 11.7. The van der Waals surface area contributed by atoms with Gasteiger partial charge >= 0.3 is 12.0 Å². The number of hydrogen-bond acceptors (Lipinski definition) is 4. The smallest absolute Gasteiger partial charge is 0.327 e. The van der Waals surface area contributed by atoms with E-state index < -0.39 is 12.0 Å². The summed E-state index contributed by atoms with van der Waals surface area (Å²) in [5.74, 6) is -0.153. The fourth-order valence-corrected chi connectivity index (χ4v) is 3.25. The van der Waals surface area contributed by atoms with E-state index in [-0.39, 0.29) is 6.03 Å². The summed E-state index contributed by atoms with van der Waals surface area (Å²) in [6, 6.07) is 6.31. The van der Waals surface area contributed by atoms with E-state index in [0.717, 1.165) is 5.56 Å². The number of carbonyl (C=O) groups is 2. The number of thioether (sulfide) groups is 1. The number of methoxy groups -OCH3 is 1. The minimum Gasteiger partial charge on any atom is -0.480 e. The number of aliphatic carboxylic acids is 1. The third-order valence-electron chi connectivity index (χ3n) is 3.26. The second-order valence-electron chi connectivity index (χ2n) is 4.65. The van der Waals surface area contributed by atoms with Gasteiger partial charge in [0.25, 0.3) is 0 Å². The van der Waals surface area contributed by atoms with Crippen molar-refractivity contribution in [3.05, 3.63) is 29.8 Å². The summed E-state index contributed by atoms with van der Waals surface area (Å²) in [7, 11) is 1.63. The molecule has 0 radical (unpaired) electrons. The molecule has 2 rings (SSSR count). The Morgan fingerprint density at radius 3 is 2.95 bits per heavy atom. The van der Waals surface area contributed by atoms with Crippen molar-refractivity contribution < 1.29 is 19.4 Å². The molecule has 1 heterocycles. The molecule has 0 bridgehead atoms. The normalized spacial score (nSPS) is 17.8. The number of rotatable bonds is 5. The van der Waals surface area contributed by atoms with Crippen LogP contribution in [0, 0.1) is 0 Å². The number of benzene rings is 1. The molecule has 1 saturated heterocycles. The number of nitrogens with one attached hydrogen (secondary N) is 1. The van der Waals surface area contributed by atoms with E-state index in [2.05, 4.69) is 5.32 Å². The molecule has 0 saturated carbocycles. The first kappa shape index (κ1) is 15.7. The number of carboxylic acids is 1. The highest BCUT2D eigenvalue weighted by molar-refractivity contribution is 7.99. The predicted molar refractivity (Wildman–Crippen MR) is 81.6 cm³/mol. The van der Waals surface area contributed by atoms with Crippen molar-refractivity contribution in [1.82, 2.24) is 4.90 Å². The molecule has 2 amide bonds. The van der Waals surface area contributed by atoms with Crippen LogP contribution >= 0.6 is 11.8 Å². The molecule has 0 spiro atoms. The van der Waals surface area contributed by atoms with E-state index in [4.69, 9.17) is 9.84 Å². The largest absolute Gasteiger partial charge is 0.480 e. The molecule has 1 atom stereocenters. The van der Waals surface area contributed by atoms with Crippen molar-refractivity contribution in [2.75, 3.05) is 30.7 Å². The molecule has 2 N–H and O–H groups in total. The molecule has 0 aliphatic carbocycles. The first-order valence-electron chi connectivity index (χ1n) is 6.58. The van der Waals surface area contributed by atoms with Crippen LogP contribution < -0.4 is 5.32 Å². The lowest BCUT2D eigenvalue weighted by atomic mass is 10.1. The highest BCUT2D eigenvalue weighted by atomic mass is 32.2. The maximum atomic E-state index is 12.3. The maximum absolute atomic E-state index is 12.3. The predicted octanol–water partition coefficient (Wildman–Crippen LogP) is 1.87. The molecule has 1 aliphatic rings. The molecule has 1 aromatic carbocycles. The van der Waals surface area contributed by atoms with Gasteiger partial charge in [0.2, 0.25) is 0 Å². The average molecular weight is 310 g/mol. The van der Waals surface area contributed by atoms with Gasteiger partial charge in [0.15, 0.2) is 0 Å². The number of anilines is 1. The minimum absolute atomic E-state index is 0.378. The molecule has 1 fully saturated rings. The molecular weight excluding hydrogens is 292 g/mol. The second-order valence-corrected chi connectivity index (χ2v) is 5.65. The van der Waals surface area contributed by atoms with Crippen LogP contribution in [0.25, 0.3) is 0 Å². The summed E-state index contributed by atoms with van der Waals surface area (Å²) in [5.41, 5.74) is 1.66. The number of nitrogens with zero attached hydrogens (tertiary/aromatic N) is 1. The molecular formula is C14H18N2O4S. The van der Waals surface area contributed by atoms with Gasteiger partial charge in [-0.2, -0.15) is 0 Å². The highest BCUT2D eigenvalue weighted by Gasteiger charge is 2.34. The lowest BCUT2D eigenvalue weighted by molar-refractivity contribution is -0.140. The van der Waals surface area contributed by atoms with Gasteiger partial charge in [0.1, 0.15) is 6.04 Å². The van der Waals surface area contributed by atoms with Crippen LogP contribution in [-0.2, 0) is 16.0 Å². The lowest BCUT2D eigenvalue weighted by Gasteiger charge is -2.21. The Hall–Kier alpha value is -1.73. The fraction of sp³-hybridized carbons (Fsp3) is 0.429. The zero-order chi connectivity index (χ0) is 15.2. The van der Waals surface area contributed by atoms with Gasteiger partial charge in [-0.25, -0.2) is 9.59 Å². The Kier molecular flexibility index (Phi) is 5.46. The van der Waals surface area contributed by atoms with Crippen LogP contribution in [0.3, 0.4) is 0 Å². The van der Waals surface area contributed by atoms with Gasteiger partial charge in [-0.15, -0.1) is 11.8 Å². The number of urea groups is 1. The molecule has 21 heavy (non-hydrogen) atoms. The molecule has 1 aromatic rings. The van der Waals surface area contributed by atoms with Crippen molar-refractivity contribution in [1.29, 1.82) is 0 Å². The molecule has 114 valence electrons. The number of amides is 2. The Bertz CT molecular complexity index is 523. The first-order valence-corrected chi connectivity index (χ1v) is 7.74. The monoisotopic (exact) mass is 310 g/mol. The molecule has 6 nitrogen and oxygen atoms in total. The van der Waals surface area contributed by atoms with E-state index in [1.165, 1.54) is 16.7 Å². The molecule has 1 unspecified atom stereocenters. The van der Waals surface area contributed by atoms with Crippen LogP contribution in [0.1, 0.15) is 5.56 Å². The standard InChI is InChI=1S/C14H18N2O4S/c1-20-7-6-10-4-2-3-5-11(10)15-14(19)16-9-21-8-12(16)13(17)18/h2-5,12H,6-9H2,1H3,(H,15,19)(H,17,18). The van der Waals surface area contributed by atoms with Crippen LogP contribution in [0.4, 0.5) is 10.5 Å². The summed E-state index contributed by atoms with van der Waals surface area (Å²) in [6.45, 7) is 0.560. The number of ether oxygens (including phenoxy) is 1. The molecule has 7 heteroatoms. The van der Waals surface area contributed by atoms with Crippen LogP contribution in [0.5, 0.6) is 0 Å². The summed E-state index contributed by atoms with van der Waals surface area (Å²) < 4.78 is 5.05. The van der Waals surface area contributed by atoms with Gasteiger partial charge in [0, 0.05) is 18.6 Å². The van der Waals surface area contributed by atoms with E-state index in [1.807, 2.05) is 24.3 Å². The summed E-state index contributed by atoms with van der Waals surface area (Å²) in [5, 5.41) is 11.9. The Morgan fingerprint density at radius 1 is 1.48 bits per heavy atom. The van der Waals surface area contributed by atoms with E-state index in [9.17, 15) is 9.59 Å². The summed E-state index contributed by atoms with van der Waals surface area (Å²) in [4.78, 5) is 24.7. The van der Waals surface area contributed by atoms with E-state index in [0.29, 0.717) is 30.3 Å². The topological polar surface area (TPSA) is 78.9 Å². The van der Waals surface area contributed by atoms with Crippen LogP contribution in [0.2, 0.25) is 0 Å². The lowest BCUT2D eigenvalue weighted by Crippen LogP contribution is -2.44. The zero-order valence-corrected chi connectivity index (χ0v) is 12.6. The van der Waals surface area contributed by atoms with Gasteiger partial charge in [-0.05, 0) is 18.1 Å². The Labute approximate surface area is 127 Å². The minimum atomic E-state index is -0.970. The van der Waals surface area contributed by atoms with Crippen LogP contribution in [-0.4, -0.2) is 53.4 Å². The third-order valence-corrected chi connectivity index (χ3v) is 4.27. The Balaban J connectivity index is 2.07. The fourth-order valence-electron chi connectivity index (χ4n) is 2.11. The maximum Gasteiger partial charge on any atom is 0.327 e. The van der Waals surface area contributed by atoms with Crippen molar-refractivity contribution in [2.45, 2.75) is 12.5 Å². The van der Waals surface area contributed by atoms with Crippen molar-refractivity contribution in [2.24, 2.45) is 0 Å².